The molecule has 0 radical (unpaired) electrons. The summed E-state index contributed by atoms with van der Waals surface area (Å²) in [4.78, 5) is 0. The molecule has 0 amide bonds. The molecule has 2 rings (SSSR count). The second-order valence-electron chi connectivity index (χ2n) is 6.27. The highest BCUT2D eigenvalue weighted by atomic mass is 79.9. The molecule has 0 heterocycles. The van der Waals surface area contributed by atoms with Gasteiger partial charge < -0.3 is 10.1 Å². The number of hydrogen-bond donors (Lipinski definition) is 1. The van der Waals surface area contributed by atoms with Crippen molar-refractivity contribution in [2.45, 2.75) is 52.2 Å². The smallest absolute Gasteiger partial charge is 0.134 e. The number of hydrogen-bond acceptors (Lipinski definition) is 2. The zero-order valence-electron chi connectivity index (χ0n) is 14.9. The molecule has 1 N–H and O–H groups in total. The molecule has 136 valence electrons. The summed E-state index contributed by atoms with van der Waals surface area (Å²) >= 11 is 9.51. The largest absolute Gasteiger partial charge is 0.488 e. The molecule has 2 nitrogen and oxygen atoms in total. The van der Waals surface area contributed by atoms with E-state index in [-0.39, 0.29) is 0 Å². The maximum atomic E-state index is 5.90. The van der Waals surface area contributed by atoms with Gasteiger partial charge in [-0.05, 0) is 64.3 Å². The van der Waals surface area contributed by atoms with Crippen molar-refractivity contribution < 1.29 is 4.74 Å². The van der Waals surface area contributed by atoms with Gasteiger partial charge in [-0.2, -0.15) is 0 Å². The van der Waals surface area contributed by atoms with E-state index in [0.29, 0.717) is 6.61 Å². The van der Waals surface area contributed by atoms with E-state index in [1.165, 1.54) is 37.7 Å². The van der Waals surface area contributed by atoms with Crippen molar-refractivity contribution in [2.24, 2.45) is 0 Å². The van der Waals surface area contributed by atoms with Gasteiger partial charge >= 0.3 is 0 Å². The minimum Gasteiger partial charge on any atom is -0.488 e. The number of halogens is 2. The van der Waals surface area contributed by atoms with E-state index in [1.807, 2.05) is 30.3 Å². The minimum atomic E-state index is 0.533. The number of ether oxygens (including phenoxy) is 1. The van der Waals surface area contributed by atoms with Crippen molar-refractivity contribution in [2.75, 3.05) is 6.54 Å². The van der Waals surface area contributed by atoms with Crippen LogP contribution >= 0.6 is 27.5 Å². The van der Waals surface area contributed by atoms with Crippen molar-refractivity contribution in [3.05, 3.63) is 63.1 Å². The molecule has 0 aliphatic heterocycles. The van der Waals surface area contributed by atoms with Gasteiger partial charge in [0.15, 0.2) is 0 Å². The first-order chi connectivity index (χ1) is 12.2. The fourth-order valence-electron chi connectivity index (χ4n) is 2.60. The number of unbranched alkanes of at least 4 members (excludes halogenated alkanes) is 4. The van der Waals surface area contributed by atoms with E-state index >= 15 is 0 Å². The van der Waals surface area contributed by atoms with Crippen molar-refractivity contribution in [1.82, 2.24) is 5.32 Å². The van der Waals surface area contributed by atoms with Crippen molar-refractivity contribution in [3.63, 3.8) is 0 Å². The second-order valence-corrected chi connectivity index (χ2v) is 7.56. The van der Waals surface area contributed by atoms with Crippen LogP contribution in [0.5, 0.6) is 5.75 Å². The first-order valence-electron chi connectivity index (χ1n) is 9.05. The lowest BCUT2D eigenvalue weighted by molar-refractivity contribution is 0.304. The van der Waals surface area contributed by atoms with Crippen molar-refractivity contribution in [1.29, 1.82) is 0 Å². The van der Waals surface area contributed by atoms with Gasteiger partial charge in [0.25, 0.3) is 0 Å². The van der Waals surface area contributed by atoms with Gasteiger partial charge in [-0.1, -0.05) is 62.4 Å². The van der Waals surface area contributed by atoms with Crippen LogP contribution in [-0.2, 0) is 13.2 Å². The topological polar surface area (TPSA) is 21.3 Å². The highest BCUT2D eigenvalue weighted by molar-refractivity contribution is 9.10. The lowest BCUT2D eigenvalue weighted by Crippen LogP contribution is -2.14. The van der Waals surface area contributed by atoms with Crippen molar-refractivity contribution >= 4 is 27.5 Å². The van der Waals surface area contributed by atoms with Crippen LogP contribution in [0.2, 0.25) is 5.02 Å². The second kappa shape index (κ2) is 11.6. The standard InChI is InChI=1S/C21H27BrClNO/c1-2-3-4-5-6-13-24-15-18-9-12-21(20(22)14-18)25-16-17-7-10-19(23)11-8-17/h7-12,14,24H,2-6,13,15-16H2,1H3. The fraction of sp³-hybridized carbons (Fsp3) is 0.429. The van der Waals surface area contributed by atoms with E-state index in [9.17, 15) is 0 Å². The maximum Gasteiger partial charge on any atom is 0.134 e. The third-order valence-electron chi connectivity index (χ3n) is 4.09. The molecule has 0 aromatic heterocycles. The number of benzene rings is 2. The van der Waals surface area contributed by atoms with Gasteiger partial charge in [-0.3, -0.25) is 0 Å². The molecular weight excluding hydrogens is 398 g/mol. The van der Waals surface area contributed by atoms with Crippen LogP contribution in [0.3, 0.4) is 0 Å². The summed E-state index contributed by atoms with van der Waals surface area (Å²) in [6.45, 7) is 4.75. The van der Waals surface area contributed by atoms with Crippen LogP contribution in [0.15, 0.2) is 46.9 Å². The Morgan fingerprint density at radius 1 is 0.960 bits per heavy atom. The predicted octanol–water partition coefficient (Wildman–Crippen LogP) is 6.74. The van der Waals surface area contributed by atoms with Crippen LogP contribution in [0.4, 0.5) is 0 Å². The molecule has 0 spiro atoms. The highest BCUT2D eigenvalue weighted by Crippen LogP contribution is 2.27. The molecule has 0 bridgehead atoms. The summed E-state index contributed by atoms with van der Waals surface area (Å²) in [6, 6.07) is 14.0. The Morgan fingerprint density at radius 2 is 1.68 bits per heavy atom. The molecule has 2 aromatic rings. The Bertz CT molecular complexity index is 630. The summed E-state index contributed by atoms with van der Waals surface area (Å²) in [6.07, 6.45) is 6.58. The third kappa shape index (κ3) is 7.81. The van der Waals surface area contributed by atoms with Gasteiger partial charge in [0.05, 0.1) is 4.47 Å². The van der Waals surface area contributed by atoms with E-state index in [2.05, 4.69) is 40.3 Å². The molecular formula is C21H27BrClNO. The Hall–Kier alpha value is -1.03. The normalized spacial score (nSPS) is 10.8. The van der Waals surface area contributed by atoms with Crippen LogP contribution in [0, 0.1) is 0 Å². The lowest BCUT2D eigenvalue weighted by atomic mass is 10.1. The van der Waals surface area contributed by atoms with Gasteiger partial charge in [-0.25, -0.2) is 0 Å². The van der Waals surface area contributed by atoms with Gasteiger partial charge in [0.1, 0.15) is 12.4 Å². The predicted molar refractivity (Wildman–Crippen MR) is 110 cm³/mol. The maximum absolute atomic E-state index is 5.90. The average Bonchev–Trinajstić information content (AvgIpc) is 2.61. The van der Waals surface area contributed by atoms with E-state index in [0.717, 1.165) is 33.9 Å². The summed E-state index contributed by atoms with van der Waals surface area (Å²) < 4.78 is 6.88. The summed E-state index contributed by atoms with van der Waals surface area (Å²) in [5.74, 6) is 0.860. The molecule has 0 atom stereocenters. The zero-order valence-corrected chi connectivity index (χ0v) is 17.2. The highest BCUT2D eigenvalue weighted by Gasteiger charge is 2.04. The first-order valence-corrected chi connectivity index (χ1v) is 10.2. The van der Waals surface area contributed by atoms with Crippen molar-refractivity contribution in [3.8, 4) is 5.75 Å². The Morgan fingerprint density at radius 3 is 2.40 bits per heavy atom. The SMILES string of the molecule is CCCCCCCNCc1ccc(OCc2ccc(Cl)cc2)c(Br)c1. The molecule has 0 fully saturated rings. The van der Waals surface area contributed by atoms with Crippen LogP contribution < -0.4 is 10.1 Å². The molecule has 4 heteroatoms. The Kier molecular flexibility index (Phi) is 9.38. The molecule has 0 unspecified atom stereocenters. The first kappa shape index (κ1) is 20.3. The average molecular weight is 425 g/mol. The Labute approximate surface area is 165 Å². The number of nitrogens with one attached hydrogen (secondary N) is 1. The zero-order chi connectivity index (χ0) is 17.9. The van der Waals surface area contributed by atoms with Crippen LogP contribution in [0.25, 0.3) is 0 Å². The molecule has 25 heavy (non-hydrogen) atoms. The molecule has 0 saturated heterocycles. The molecule has 0 saturated carbocycles. The van der Waals surface area contributed by atoms with E-state index in [4.69, 9.17) is 16.3 Å². The minimum absolute atomic E-state index is 0.533. The lowest BCUT2D eigenvalue weighted by Gasteiger charge is -2.11. The van der Waals surface area contributed by atoms with E-state index in [1.54, 1.807) is 0 Å². The monoisotopic (exact) mass is 423 g/mol. The van der Waals surface area contributed by atoms with Gasteiger partial charge in [0.2, 0.25) is 0 Å². The number of rotatable bonds is 11. The van der Waals surface area contributed by atoms with Crippen LogP contribution in [0.1, 0.15) is 50.2 Å². The van der Waals surface area contributed by atoms with Gasteiger partial charge in [0, 0.05) is 11.6 Å². The van der Waals surface area contributed by atoms with E-state index < -0.39 is 0 Å². The quantitative estimate of drug-likeness (QED) is 0.403. The summed E-state index contributed by atoms with van der Waals surface area (Å²) in [5.41, 5.74) is 2.37. The van der Waals surface area contributed by atoms with Crippen LogP contribution in [-0.4, -0.2) is 6.54 Å². The summed E-state index contributed by atoms with van der Waals surface area (Å²) in [5, 5.41) is 4.26. The Balaban J connectivity index is 1.73. The molecule has 2 aromatic carbocycles. The fourth-order valence-corrected chi connectivity index (χ4v) is 3.27. The van der Waals surface area contributed by atoms with Gasteiger partial charge in [-0.15, -0.1) is 0 Å². The molecule has 0 aliphatic carbocycles. The summed E-state index contributed by atoms with van der Waals surface area (Å²) in [7, 11) is 0. The molecule has 0 aliphatic rings. The third-order valence-corrected chi connectivity index (χ3v) is 4.96.